The zero-order valence-electron chi connectivity index (χ0n) is 31.2. The molecule has 0 radical (unpaired) electrons. The van der Waals surface area contributed by atoms with E-state index in [9.17, 15) is 0 Å². The largest absolute Gasteiger partial charge is 0.400 e. The molecule has 0 atom stereocenters. The van der Waals surface area contributed by atoms with Crippen molar-refractivity contribution in [3.63, 3.8) is 0 Å². The summed E-state index contributed by atoms with van der Waals surface area (Å²) in [4.78, 5) is 22.4. The first kappa shape index (κ1) is 44.4. The Morgan fingerprint density at radius 3 is 1.45 bits per heavy atom. The van der Waals surface area contributed by atoms with Gasteiger partial charge in [-0.2, -0.15) is 0 Å². The van der Waals surface area contributed by atoms with Crippen molar-refractivity contribution in [2.75, 3.05) is 59.6 Å². The van der Waals surface area contributed by atoms with Crippen molar-refractivity contribution >= 4 is 103 Å². The number of nitrogens with two attached hydrogens (primary N) is 2. The number of thiophene rings is 2. The van der Waals surface area contributed by atoms with Crippen molar-refractivity contribution in [2.24, 2.45) is 21.5 Å². The fourth-order valence-corrected chi connectivity index (χ4v) is 7.98. The number of H-pyrrole nitrogens is 2. The number of hydrogen-bond acceptors (Lipinski definition) is 9. The predicted molar refractivity (Wildman–Crippen MR) is 241 cm³/mol. The normalized spacial score (nSPS) is 15.1. The van der Waals surface area contributed by atoms with Crippen LogP contribution in [-0.4, -0.2) is 106 Å². The zero-order valence-corrected chi connectivity index (χ0v) is 34.5. The van der Waals surface area contributed by atoms with E-state index in [0.29, 0.717) is 11.7 Å². The Balaban J connectivity index is 0.000000230. The number of aromatic nitrogens is 2. The number of nitrogens with zero attached hydrogens (tertiary/aromatic N) is 4. The lowest BCUT2D eigenvalue weighted by Crippen LogP contribution is -2.31. The molecule has 6 heterocycles. The van der Waals surface area contributed by atoms with E-state index in [2.05, 4.69) is 78.6 Å². The topological polar surface area (TPSA) is 176 Å². The van der Waals surface area contributed by atoms with Crippen LogP contribution in [0, 0.1) is 0 Å². The van der Waals surface area contributed by atoms with Gasteiger partial charge in [0, 0.05) is 91.7 Å². The number of hydrogen-bond donors (Lipinski definition) is 7. The van der Waals surface area contributed by atoms with Gasteiger partial charge in [0.2, 0.25) is 0 Å². The summed E-state index contributed by atoms with van der Waals surface area (Å²) in [7, 11) is 1.00. The van der Waals surface area contributed by atoms with E-state index in [0.717, 1.165) is 91.4 Å². The third kappa shape index (κ3) is 11.0. The molecule has 0 spiro atoms. The fourth-order valence-electron chi connectivity index (χ4n) is 6.73. The van der Waals surface area contributed by atoms with Crippen LogP contribution in [0.2, 0.25) is 0 Å². The average Bonchev–Trinajstić information content (AvgIpc) is 4.05. The molecule has 0 saturated heterocycles. The molecule has 298 valence electrons. The van der Waals surface area contributed by atoms with Crippen LogP contribution in [0.1, 0.15) is 33.7 Å². The highest BCUT2D eigenvalue weighted by Gasteiger charge is 2.17. The lowest BCUT2D eigenvalue weighted by Gasteiger charge is -2.25. The first-order valence-corrected chi connectivity index (χ1v) is 19.7. The smallest absolute Gasteiger partial charge is 0.141 e. The number of aliphatic hydroxyl groups is 3. The van der Waals surface area contributed by atoms with E-state index < -0.39 is 0 Å². The van der Waals surface area contributed by atoms with Crippen LogP contribution in [0.25, 0.3) is 33.0 Å². The molecule has 0 unspecified atom stereocenters. The maximum Gasteiger partial charge on any atom is 0.141 e. The van der Waals surface area contributed by atoms with E-state index in [4.69, 9.17) is 26.8 Å². The van der Waals surface area contributed by atoms with Gasteiger partial charge in [-0.05, 0) is 83.3 Å². The molecule has 2 aliphatic rings. The second kappa shape index (κ2) is 21.9. The van der Waals surface area contributed by atoms with E-state index in [1.807, 2.05) is 47.2 Å². The number of halogens is 2. The molecular formula is C41H50Cl2N8O3S2. The molecule has 2 aromatic carbocycles. The highest BCUT2D eigenvalue weighted by atomic mass is 35.5. The van der Waals surface area contributed by atoms with Gasteiger partial charge in [0.1, 0.15) is 11.7 Å². The van der Waals surface area contributed by atoms with Crippen molar-refractivity contribution in [1.29, 1.82) is 0 Å². The van der Waals surface area contributed by atoms with Crippen molar-refractivity contribution < 1.29 is 15.3 Å². The zero-order chi connectivity index (χ0) is 37.9. The maximum atomic E-state index is 9.09. The molecule has 4 aromatic heterocycles. The Kier molecular flexibility index (Phi) is 17.4. The third-order valence-electron chi connectivity index (χ3n) is 9.49. The molecule has 0 fully saturated rings. The number of benzene rings is 2. The summed E-state index contributed by atoms with van der Waals surface area (Å²) in [6, 6.07) is 20.2. The van der Waals surface area contributed by atoms with Gasteiger partial charge >= 0.3 is 0 Å². The van der Waals surface area contributed by atoms with Gasteiger partial charge in [-0.25, -0.2) is 9.98 Å². The Morgan fingerprint density at radius 1 is 0.679 bits per heavy atom. The minimum absolute atomic E-state index is 0. The SMILES string of the molecule is CO.Cl.Cl.NC(=Nc1ccc2[nH]cc(C3=CCN(CCO)CC3)c2c1)c1cccs1.NC(=Nc1ccc2[nH]cc(C3=CCN(CCO)CC3)c2c1)c1cccs1. The van der Waals surface area contributed by atoms with Gasteiger partial charge in [-0.1, -0.05) is 24.3 Å². The van der Waals surface area contributed by atoms with E-state index in [1.165, 1.54) is 33.0 Å². The van der Waals surface area contributed by atoms with Crippen LogP contribution in [-0.2, 0) is 0 Å². The van der Waals surface area contributed by atoms with Crippen LogP contribution in [0.4, 0.5) is 11.4 Å². The van der Waals surface area contributed by atoms with Crippen molar-refractivity contribution in [1.82, 2.24) is 19.8 Å². The summed E-state index contributed by atoms with van der Waals surface area (Å²) < 4.78 is 0. The molecule has 0 aliphatic carbocycles. The molecule has 0 saturated carbocycles. The summed E-state index contributed by atoms with van der Waals surface area (Å²) in [6.07, 6.45) is 10.6. The number of amidine groups is 2. The van der Waals surface area contributed by atoms with Crippen LogP contribution < -0.4 is 11.5 Å². The average molecular weight is 838 g/mol. The maximum absolute atomic E-state index is 9.09. The molecule has 56 heavy (non-hydrogen) atoms. The lowest BCUT2D eigenvalue weighted by atomic mass is 9.98. The Morgan fingerprint density at radius 2 is 1.11 bits per heavy atom. The molecule has 8 rings (SSSR count). The Labute approximate surface area is 347 Å². The molecule has 0 bridgehead atoms. The summed E-state index contributed by atoms with van der Waals surface area (Å²) in [6.45, 7) is 5.60. The van der Waals surface area contributed by atoms with Crippen LogP contribution >= 0.6 is 47.5 Å². The Bertz CT molecular complexity index is 2090. The van der Waals surface area contributed by atoms with Crippen LogP contribution in [0.15, 0.2) is 106 Å². The second-order valence-electron chi connectivity index (χ2n) is 12.8. The summed E-state index contributed by atoms with van der Waals surface area (Å²) in [5.74, 6) is 1.10. The monoisotopic (exact) mass is 836 g/mol. The van der Waals surface area contributed by atoms with Crippen molar-refractivity contribution in [2.45, 2.75) is 12.8 Å². The number of aliphatic imine (C=N–C) groups is 2. The van der Waals surface area contributed by atoms with E-state index >= 15 is 0 Å². The van der Waals surface area contributed by atoms with Gasteiger partial charge < -0.3 is 36.8 Å². The predicted octanol–water partition coefficient (Wildman–Crippen LogP) is 7.15. The van der Waals surface area contributed by atoms with Crippen molar-refractivity contribution in [3.8, 4) is 0 Å². The van der Waals surface area contributed by atoms with Gasteiger partial charge in [-0.3, -0.25) is 9.80 Å². The number of fused-ring (bicyclic) bond motifs is 2. The lowest BCUT2D eigenvalue weighted by molar-refractivity contribution is 0.208. The van der Waals surface area contributed by atoms with Gasteiger partial charge in [0.15, 0.2) is 0 Å². The van der Waals surface area contributed by atoms with Crippen molar-refractivity contribution in [3.05, 3.63) is 117 Å². The first-order valence-electron chi connectivity index (χ1n) is 18.0. The summed E-state index contributed by atoms with van der Waals surface area (Å²) in [5.41, 5.74) is 21.4. The second-order valence-corrected chi connectivity index (χ2v) is 14.7. The molecule has 2 aliphatic heterocycles. The molecule has 6 aromatic rings. The molecular weight excluding hydrogens is 788 g/mol. The number of aromatic amines is 2. The van der Waals surface area contributed by atoms with Gasteiger partial charge in [-0.15, -0.1) is 47.5 Å². The molecule has 11 nitrogen and oxygen atoms in total. The molecule has 15 heteroatoms. The highest BCUT2D eigenvalue weighted by Crippen LogP contribution is 2.33. The number of β-amino-alcohol motifs (C(OH)–C–C–N with tert-alkyl or cyclic N) is 2. The molecule has 9 N–H and O–H groups in total. The Hall–Kier alpha value is -4.28. The minimum atomic E-state index is 0. The highest BCUT2D eigenvalue weighted by molar-refractivity contribution is 7.12. The number of nitrogens with one attached hydrogen (secondary N) is 2. The van der Waals surface area contributed by atoms with Crippen LogP contribution in [0.3, 0.4) is 0 Å². The number of rotatable bonds is 10. The summed E-state index contributed by atoms with van der Waals surface area (Å²) >= 11 is 3.18. The van der Waals surface area contributed by atoms with E-state index in [-0.39, 0.29) is 38.0 Å². The van der Waals surface area contributed by atoms with E-state index in [1.54, 1.807) is 22.7 Å². The fraction of sp³-hybridized carbons (Fsp3) is 0.268. The molecule has 0 amide bonds. The standard InChI is InChI=1S/2C20H22N4OS.CH4O.2ClH/c2*21-20(19-2-1-11-26-19)23-15-3-4-18-16(12-15)17(13-22-18)14-5-7-24(8-6-14)9-10-25;1-2;;/h2*1-5,11-13,22,25H,6-10H2,(H2,21,23);2H,1H3;2*1H. The quantitative estimate of drug-likeness (QED) is 0.0567. The first-order chi connectivity index (χ1) is 26.5. The van der Waals surface area contributed by atoms with Crippen LogP contribution in [0.5, 0.6) is 0 Å². The summed E-state index contributed by atoms with van der Waals surface area (Å²) in [5, 5.41) is 31.5. The number of aliphatic hydroxyl groups excluding tert-OH is 3. The van der Waals surface area contributed by atoms with Gasteiger partial charge in [0.25, 0.3) is 0 Å². The minimum Gasteiger partial charge on any atom is -0.400 e. The third-order valence-corrected chi connectivity index (χ3v) is 11.3. The van der Waals surface area contributed by atoms with Gasteiger partial charge in [0.05, 0.1) is 34.3 Å².